The van der Waals surface area contributed by atoms with Gasteiger partial charge in [0.15, 0.2) is 0 Å². The summed E-state index contributed by atoms with van der Waals surface area (Å²) in [6.07, 6.45) is 0. The van der Waals surface area contributed by atoms with E-state index in [1.165, 1.54) is 17.0 Å². The molecule has 1 aromatic heterocycles. The average molecular weight is 313 g/mol. The zero-order chi connectivity index (χ0) is 17.1. The minimum Gasteiger partial charge on any atom is -0.378 e. The molecular weight excluding hydrogens is 286 g/mol. The molecule has 0 unspecified atom stereocenters. The van der Waals surface area contributed by atoms with Crippen LogP contribution in [0.15, 0.2) is 30.3 Å². The fraction of sp³-hybridized carbons (Fsp3) is 0.421. The van der Waals surface area contributed by atoms with Crippen molar-refractivity contribution >= 4 is 11.6 Å². The largest absolute Gasteiger partial charge is 0.378 e. The summed E-state index contributed by atoms with van der Waals surface area (Å²) in [7, 11) is 3.94. The lowest BCUT2D eigenvalue weighted by Gasteiger charge is -2.14. The van der Waals surface area contributed by atoms with Gasteiger partial charge in [-0.15, -0.1) is 0 Å². The van der Waals surface area contributed by atoms with Crippen molar-refractivity contribution in [1.29, 1.82) is 0 Å². The molecule has 0 aliphatic rings. The topological polar surface area (TPSA) is 37.3 Å². The maximum absolute atomic E-state index is 12.4. The van der Waals surface area contributed by atoms with Crippen LogP contribution in [0.2, 0.25) is 0 Å². The first-order chi connectivity index (χ1) is 10.8. The number of benzene rings is 1. The van der Waals surface area contributed by atoms with Crippen LogP contribution in [-0.2, 0) is 6.54 Å². The van der Waals surface area contributed by atoms with E-state index in [-0.39, 0.29) is 5.91 Å². The molecule has 0 spiro atoms. The number of carbonyl (C=O) groups is 1. The Bertz CT molecular complexity index is 699. The van der Waals surface area contributed by atoms with E-state index in [2.05, 4.69) is 43.6 Å². The molecule has 0 atom stereocenters. The van der Waals surface area contributed by atoms with E-state index in [0.717, 1.165) is 5.69 Å². The predicted octanol–water partition coefficient (Wildman–Crippen LogP) is 3.68. The van der Waals surface area contributed by atoms with Crippen LogP contribution in [0, 0.1) is 13.8 Å². The van der Waals surface area contributed by atoms with Crippen LogP contribution in [0.25, 0.3) is 0 Å². The summed E-state index contributed by atoms with van der Waals surface area (Å²) in [4.78, 5) is 14.4. The number of nitrogens with one attached hydrogen (secondary N) is 1. The molecule has 0 fully saturated rings. The predicted molar refractivity (Wildman–Crippen MR) is 96.2 cm³/mol. The average Bonchev–Trinajstić information content (AvgIpc) is 2.79. The van der Waals surface area contributed by atoms with Gasteiger partial charge in [0.2, 0.25) is 0 Å². The van der Waals surface area contributed by atoms with Gasteiger partial charge in [-0.25, -0.2) is 0 Å². The smallest absolute Gasteiger partial charge is 0.251 e. The van der Waals surface area contributed by atoms with Gasteiger partial charge in [0, 0.05) is 49.3 Å². The van der Waals surface area contributed by atoms with Gasteiger partial charge >= 0.3 is 0 Å². The van der Waals surface area contributed by atoms with Crippen LogP contribution in [0.5, 0.6) is 0 Å². The Morgan fingerprint density at radius 3 is 2.48 bits per heavy atom. The van der Waals surface area contributed by atoms with Gasteiger partial charge in [0.1, 0.15) is 0 Å². The molecule has 23 heavy (non-hydrogen) atoms. The van der Waals surface area contributed by atoms with Crippen molar-refractivity contribution in [1.82, 2.24) is 9.88 Å². The molecule has 4 heteroatoms. The maximum Gasteiger partial charge on any atom is 0.251 e. The van der Waals surface area contributed by atoms with Crippen LogP contribution >= 0.6 is 0 Å². The zero-order valence-corrected chi connectivity index (χ0v) is 15.0. The monoisotopic (exact) mass is 313 g/mol. The van der Waals surface area contributed by atoms with Crippen molar-refractivity contribution in [3.63, 3.8) is 0 Å². The first-order valence-electron chi connectivity index (χ1n) is 8.04. The minimum atomic E-state index is -0.0388. The van der Waals surface area contributed by atoms with Crippen LogP contribution in [0.3, 0.4) is 0 Å². The number of nitrogens with zero attached hydrogens (tertiary/aromatic N) is 2. The lowest BCUT2D eigenvalue weighted by atomic mass is 10.1. The number of hydrogen-bond acceptors (Lipinski definition) is 2. The van der Waals surface area contributed by atoms with Gasteiger partial charge in [-0.2, -0.15) is 0 Å². The number of aryl methyl sites for hydroxylation is 1. The summed E-state index contributed by atoms with van der Waals surface area (Å²) in [6, 6.07) is 10.2. The molecule has 2 aromatic rings. The standard InChI is InChI=1S/C19H27N3O/c1-13(2)22-14(3)10-17(15(22)4)12-20-19(23)16-8-7-9-18(11-16)21(5)6/h7-11,13H,12H2,1-6H3,(H,20,23). The third-order valence-corrected chi connectivity index (χ3v) is 4.17. The van der Waals surface area contributed by atoms with Crippen molar-refractivity contribution in [2.75, 3.05) is 19.0 Å². The maximum atomic E-state index is 12.4. The SMILES string of the molecule is Cc1cc(CNC(=O)c2cccc(N(C)C)c2)c(C)n1C(C)C. The normalized spacial score (nSPS) is 10.9. The van der Waals surface area contributed by atoms with Gasteiger partial charge in [-0.05, 0) is 57.5 Å². The second kappa shape index (κ2) is 6.90. The van der Waals surface area contributed by atoms with Crippen molar-refractivity contribution < 1.29 is 4.79 Å². The van der Waals surface area contributed by atoms with E-state index in [1.54, 1.807) is 0 Å². The summed E-state index contributed by atoms with van der Waals surface area (Å²) >= 11 is 0. The number of rotatable bonds is 5. The fourth-order valence-corrected chi connectivity index (χ4v) is 3.02. The molecule has 1 heterocycles. The fourth-order valence-electron chi connectivity index (χ4n) is 3.02. The zero-order valence-electron chi connectivity index (χ0n) is 15.0. The molecule has 0 aliphatic heterocycles. The molecule has 1 N–H and O–H groups in total. The molecule has 0 radical (unpaired) electrons. The van der Waals surface area contributed by atoms with E-state index in [1.807, 2.05) is 43.3 Å². The number of carbonyl (C=O) groups excluding carboxylic acids is 1. The highest BCUT2D eigenvalue weighted by molar-refractivity contribution is 5.95. The molecule has 2 rings (SSSR count). The van der Waals surface area contributed by atoms with Crippen molar-refractivity contribution in [2.45, 2.75) is 40.3 Å². The lowest BCUT2D eigenvalue weighted by molar-refractivity contribution is 0.0951. The van der Waals surface area contributed by atoms with Crippen molar-refractivity contribution in [3.05, 3.63) is 52.8 Å². The summed E-state index contributed by atoms with van der Waals surface area (Å²) in [5.41, 5.74) is 5.34. The lowest BCUT2D eigenvalue weighted by Crippen LogP contribution is -2.23. The van der Waals surface area contributed by atoms with Crippen molar-refractivity contribution in [2.24, 2.45) is 0 Å². The molecular formula is C19H27N3O. The van der Waals surface area contributed by atoms with Gasteiger partial charge < -0.3 is 14.8 Å². The molecule has 1 amide bonds. The molecule has 1 aromatic carbocycles. The Kier molecular flexibility index (Phi) is 5.14. The molecule has 0 saturated carbocycles. The van der Waals surface area contributed by atoms with E-state index in [9.17, 15) is 4.79 Å². The van der Waals surface area contributed by atoms with Gasteiger partial charge in [-0.3, -0.25) is 4.79 Å². The number of anilines is 1. The Labute approximate surface area is 139 Å². The third-order valence-electron chi connectivity index (χ3n) is 4.17. The number of amides is 1. The van der Waals surface area contributed by atoms with Gasteiger partial charge in [0.05, 0.1) is 0 Å². The highest BCUT2D eigenvalue weighted by atomic mass is 16.1. The quantitative estimate of drug-likeness (QED) is 0.914. The first kappa shape index (κ1) is 17.1. The van der Waals surface area contributed by atoms with Crippen LogP contribution in [0.4, 0.5) is 5.69 Å². The van der Waals surface area contributed by atoms with Crippen LogP contribution in [-0.4, -0.2) is 24.6 Å². The van der Waals surface area contributed by atoms with E-state index >= 15 is 0 Å². The van der Waals surface area contributed by atoms with Crippen LogP contribution in [0.1, 0.15) is 47.2 Å². The number of hydrogen-bond donors (Lipinski definition) is 1. The summed E-state index contributed by atoms with van der Waals surface area (Å²) < 4.78 is 2.30. The Morgan fingerprint density at radius 1 is 1.22 bits per heavy atom. The summed E-state index contributed by atoms with van der Waals surface area (Å²) in [5.74, 6) is -0.0388. The minimum absolute atomic E-state index is 0.0388. The van der Waals surface area contributed by atoms with Crippen LogP contribution < -0.4 is 10.2 Å². The Balaban J connectivity index is 2.11. The highest BCUT2D eigenvalue weighted by Crippen LogP contribution is 2.20. The molecule has 124 valence electrons. The Morgan fingerprint density at radius 2 is 1.91 bits per heavy atom. The number of aromatic nitrogens is 1. The summed E-state index contributed by atoms with van der Waals surface area (Å²) in [5, 5.41) is 3.03. The summed E-state index contributed by atoms with van der Waals surface area (Å²) in [6.45, 7) is 9.13. The van der Waals surface area contributed by atoms with Gasteiger partial charge in [0.25, 0.3) is 5.91 Å². The molecule has 0 aliphatic carbocycles. The highest BCUT2D eigenvalue weighted by Gasteiger charge is 2.13. The van der Waals surface area contributed by atoms with E-state index in [0.29, 0.717) is 18.2 Å². The molecule has 4 nitrogen and oxygen atoms in total. The molecule has 0 saturated heterocycles. The second-order valence-corrected chi connectivity index (χ2v) is 6.49. The van der Waals surface area contributed by atoms with Crippen molar-refractivity contribution in [3.8, 4) is 0 Å². The van der Waals surface area contributed by atoms with Gasteiger partial charge in [-0.1, -0.05) is 6.07 Å². The second-order valence-electron chi connectivity index (χ2n) is 6.49. The molecule has 0 bridgehead atoms. The Hall–Kier alpha value is -2.23. The van der Waals surface area contributed by atoms with E-state index < -0.39 is 0 Å². The third kappa shape index (κ3) is 3.76. The van der Waals surface area contributed by atoms with E-state index in [4.69, 9.17) is 0 Å². The first-order valence-corrected chi connectivity index (χ1v) is 8.04.